The Bertz CT molecular complexity index is 1310. The maximum Gasteiger partial charge on any atom is 0.281 e. The molecule has 0 atom stereocenters. The number of nitrogens with one attached hydrogen (secondary N) is 1. The van der Waals surface area contributed by atoms with E-state index in [4.69, 9.17) is 24.2 Å². The highest BCUT2D eigenvalue weighted by Gasteiger charge is 2.31. The summed E-state index contributed by atoms with van der Waals surface area (Å²) in [7, 11) is -0.312. The Morgan fingerprint density at radius 1 is 1.03 bits per heavy atom. The minimum absolute atomic E-state index is 0.422. The number of fused-ring (bicyclic) bond motifs is 1. The van der Waals surface area contributed by atoms with Crippen molar-refractivity contribution in [2.24, 2.45) is 5.10 Å². The van der Waals surface area contributed by atoms with Crippen LogP contribution in [0.3, 0.4) is 0 Å². The van der Waals surface area contributed by atoms with Gasteiger partial charge in [-0.25, -0.2) is 9.97 Å². The fourth-order valence-corrected chi connectivity index (χ4v) is 5.69. The quantitative estimate of drug-likeness (QED) is 0.372. The van der Waals surface area contributed by atoms with Crippen LogP contribution in [0.15, 0.2) is 29.4 Å². The summed E-state index contributed by atoms with van der Waals surface area (Å²) in [5.41, 5.74) is 3.91. The molecule has 0 unspecified atom stereocenters. The third kappa shape index (κ3) is 6.58. The van der Waals surface area contributed by atoms with Crippen molar-refractivity contribution in [3.63, 3.8) is 0 Å². The lowest BCUT2D eigenvalue weighted by molar-refractivity contribution is -0.0431. The number of rotatable bonds is 8. The van der Waals surface area contributed by atoms with Crippen molar-refractivity contribution in [1.29, 1.82) is 0 Å². The standard InChI is InChI=1S/C25H36N8O5S/c1-25(2)37-20-6-5-19(15-21(20)38-25)17-26-29-22-16-24(32-11-13-36-14-12-32)28-23(27-22)18-31-7-9-33(10-8-31)39(34,35)30(3)4/h5-6,15-17H,7-14,18H2,1-4H3,(H,27,28,29). The van der Waals surface area contributed by atoms with Crippen LogP contribution in [0.2, 0.25) is 0 Å². The van der Waals surface area contributed by atoms with Crippen molar-refractivity contribution in [2.75, 3.05) is 76.9 Å². The SMILES string of the molecule is CN(C)S(=O)(=O)N1CCN(Cc2nc(NN=Cc3ccc4c(c3)OC(C)(C)O4)cc(N3CCOCC3)n2)CC1. The summed E-state index contributed by atoms with van der Waals surface area (Å²) in [6.07, 6.45) is 1.70. The first-order chi connectivity index (χ1) is 18.6. The minimum atomic E-state index is -3.42. The lowest BCUT2D eigenvalue weighted by atomic mass is 10.2. The van der Waals surface area contributed by atoms with E-state index in [0.29, 0.717) is 69.1 Å². The largest absolute Gasteiger partial charge is 0.449 e. The van der Waals surface area contributed by atoms with Crippen molar-refractivity contribution in [3.05, 3.63) is 35.7 Å². The van der Waals surface area contributed by atoms with Gasteiger partial charge >= 0.3 is 0 Å². The Labute approximate surface area is 229 Å². The second kappa shape index (κ2) is 11.2. The molecule has 0 bridgehead atoms. The van der Waals surface area contributed by atoms with Crippen molar-refractivity contribution in [3.8, 4) is 11.5 Å². The maximum absolute atomic E-state index is 12.5. The van der Waals surface area contributed by atoms with Crippen LogP contribution in [0.1, 0.15) is 25.2 Å². The second-order valence-corrected chi connectivity index (χ2v) is 12.4. The number of hydrogen-bond acceptors (Lipinski definition) is 11. The van der Waals surface area contributed by atoms with E-state index in [-0.39, 0.29) is 0 Å². The van der Waals surface area contributed by atoms with Gasteiger partial charge in [-0.3, -0.25) is 10.3 Å². The van der Waals surface area contributed by atoms with Crippen LogP contribution in [0.4, 0.5) is 11.6 Å². The summed E-state index contributed by atoms with van der Waals surface area (Å²) in [5, 5.41) is 4.40. The molecular weight excluding hydrogens is 524 g/mol. The monoisotopic (exact) mass is 560 g/mol. The Morgan fingerprint density at radius 2 is 1.74 bits per heavy atom. The fourth-order valence-electron chi connectivity index (χ4n) is 4.61. The van der Waals surface area contributed by atoms with Crippen molar-refractivity contribution >= 4 is 28.1 Å². The predicted octanol–water partition coefficient (Wildman–Crippen LogP) is 1.19. The molecule has 3 aliphatic rings. The molecule has 0 radical (unpaired) electrons. The summed E-state index contributed by atoms with van der Waals surface area (Å²) in [5.74, 6) is 2.73. The normalized spacial score (nSPS) is 20.2. The first kappa shape index (κ1) is 27.5. The van der Waals surface area contributed by atoms with Crippen LogP contribution in [0.5, 0.6) is 11.5 Å². The van der Waals surface area contributed by atoms with Gasteiger partial charge in [0, 0.05) is 73.3 Å². The zero-order valence-electron chi connectivity index (χ0n) is 22.8. The molecule has 2 aromatic rings. The molecule has 4 heterocycles. The lowest BCUT2D eigenvalue weighted by Gasteiger charge is -2.35. The summed E-state index contributed by atoms with van der Waals surface area (Å²) in [6.45, 7) is 9.05. The average molecular weight is 561 g/mol. The Morgan fingerprint density at radius 3 is 2.46 bits per heavy atom. The molecule has 1 aromatic carbocycles. The van der Waals surface area contributed by atoms with E-state index in [9.17, 15) is 8.42 Å². The van der Waals surface area contributed by atoms with E-state index in [2.05, 4.69) is 20.3 Å². The number of ether oxygens (including phenoxy) is 3. The highest BCUT2D eigenvalue weighted by Crippen LogP contribution is 2.39. The van der Waals surface area contributed by atoms with E-state index in [1.807, 2.05) is 38.1 Å². The van der Waals surface area contributed by atoms with Crippen LogP contribution in [-0.2, 0) is 21.5 Å². The van der Waals surface area contributed by atoms with E-state index in [0.717, 1.165) is 24.5 Å². The number of aromatic nitrogens is 2. The summed E-state index contributed by atoms with van der Waals surface area (Å²) in [4.78, 5) is 13.9. The molecule has 0 amide bonds. The Hall–Kier alpha value is -3.04. The molecule has 0 saturated carbocycles. The molecule has 14 heteroatoms. The first-order valence-electron chi connectivity index (χ1n) is 13.0. The first-order valence-corrected chi connectivity index (χ1v) is 14.4. The molecule has 0 spiro atoms. The molecule has 39 heavy (non-hydrogen) atoms. The molecular formula is C25H36N8O5S. The van der Waals surface area contributed by atoms with Crippen molar-refractivity contribution in [2.45, 2.75) is 26.2 Å². The van der Waals surface area contributed by atoms with Gasteiger partial charge in [0.25, 0.3) is 10.2 Å². The Balaban J connectivity index is 1.28. The molecule has 0 aliphatic carbocycles. The number of piperazine rings is 1. The topological polar surface area (TPSA) is 125 Å². The molecule has 5 rings (SSSR count). The molecule has 13 nitrogen and oxygen atoms in total. The van der Waals surface area contributed by atoms with E-state index >= 15 is 0 Å². The number of anilines is 2. The molecule has 1 aromatic heterocycles. The van der Waals surface area contributed by atoms with Gasteiger partial charge in [-0.2, -0.15) is 22.1 Å². The fraction of sp³-hybridized carbons (Fsp3) is 0.560. The summed E-state index contributed by atoms with van der Waals surface area (Å²) < 4.78 is 44.8. The minimum Gasteiger partial charge on any atom is -0.449 e. The molecule has 2 fully saturated rings. The van der Waals surface area contributed by atoms with E-state index < -0.39 is 16.0 Å². The van der Waals surface area contributed by atoms with Crippen molar-refractivity contribution < 1.29 is 22.6 Å². The zero-order chi connectivity index (χ0) is 27.6. The van der Waals surface area contributed by atoms with Gasteiger partial charge in [0.1, 0.15) is 11.6 Å². The van der Waals surface area contributed by atoms with E-state index in [1.165, 1.54) is 8.61 Å². The highest BCUT2D eigenvalue weighted by molar-refractivity contribution is 7.86. The van der Waals surface area contributed by atoms with Gasteiger partial charge in [-0.05, 0) is 23.8 Å². The number of benzene rings is 1. The predicted molar refractivity (Wildman–Crippen MR) is 148 cm³/mol. The molecule has 212 valence electrons. The average Bonchev–Trinajstić information content (AvgIpc) is 3.22. The van der Waals surface area contributed by atoms with Gasteiger partial charge in [0.15, 0.2) is 17.3 Å². The highest BCUT2D eigenvalue weighted by atomic mass is 32.2. The third-order valence-electron chi connectivity index (χ3n) is 6.65. The van der Waals surface area contributed by atoms with Gasteiger partial charge < -0.3 is 19.1 Å². The van der Waals surface area contributed by atoms with Crippen LogP contribution in [0, 0.1) is 0 Å². The molecule has 1 N–H and O–H groups in total. The zero-order valence-corrected chi connectivity index (χ0v) is 23.6. The number of morpholine rings is 1. The lowest BCUT2D eigenvalue weighted by Crippen LogP contribution is -2.51. The molecule has 2 saturated heterocycles. The van der Waals surface area contributed by atoms with Crippen LogP contribution >= 0.6 is 0 Å². The van der Waals surface area contributed by atoms with Crippen LogP contribution in [-0.4, -0.2) is 110 Å². The smallest absolute Gasteiger partial charge is 0.281 e. The van der Waals surface area contributed by atoms with Crippen LogP contribution < -0.4 is 19.8 Å². The van der Waals surface area contributed by atoms with E-state index in [1.54, 1.807) is 20.3 Å². The summed E-state index contributed by atoms with van der Waals surface area (Å²) in [6, 6.07) is 7.55. The van der Waals surface area contributed by atoms with Crippen LogP contribution in [0.25, 0.3) is 0 Å². The number of nitrogens with zero attached hydrogens (tertiary/aromatic N) is 7. The second-order valence-electron chi connectivity index (χ2n) is 10.3. The van der Waals surface area contributed by atoms with Gasteiger partial charge in [0.05, 0.1) is 26.0 Å². The maximum atomic E-state index is 12.5. The Kier molecular flexibility index (Phi) is 7.91. The number of hydrogen-bond donors (Lipinski definition) is 1. The number of hydrazone groups is 1. The summed E-state index contributed by atoms with van der Waals surface area (Å²) >= 11 is 0. The van der Waals surface area contributed by atoms with Crippen molar-refractivity contribution in [1.82, 2.24) is 23.5 Å². The van der Waals surface area contributed by atoms with Gasteiger partial charge in [-0.15, -0.1) is 0 Å². The molecule has 3 aliphatic heterocycles. The third-order valence-corrected chi connectivity index (χ3v) is 8.59. The van der Waals surface area contributed by atoms with Gasteiger partial charge in [-0.1, -0.05) is 0 Å². The van der Waals surface area contributed by atoms with Gasteiger partial charge in [0.2, 0.25) is 5.79 Å².